The van der Waals surface area contributed by atoms with Crippen LogP contribution >= 0.6 is 36.6 Å². The van der Waals surface area contributed by atoms with Gasteiger partial charge in [0.05, 0.1) is 5.69 Å². The zero-order chi connectivity index (χ0) is 13.5. The topological polar surface area (TPSA) is 59.2 Å². The minimum atomic E-state index is 0. The number of hydrogen-bond donors (Lipinski definition) is 1. The zero-order valence-electron chi connectivity index (χ0n) is 11.9. The zero-order valence-corrected chi connectivity index (χ0v) is 14.4. The number of rotatable bonds is 6. The molecule has 1 atom stereocenters. The van der Waals surface area contributed by atoms with Crippen molar-refractivity contribution >= 4 is 42.5 Å². The fraction of sp³-hybridized carbons (Fsp3) is 0.571. The first-order valence-corrected chi connectivity index (χ1v) is 7.90. The number of likely N-dealkylation sites (tertiary alicyclic amines) is 1. The van der Waals surface area contributed by atoms with Gasteiger partial charge in [-0.05, 0) is 31.0 Å². The van der Waals surface area contributed by atoms with Crippen molar-refractivity contribution < 1.29 is 4.79 Å². The molecule has 1 unspecified atom stereocenters. The first kappa shape index (κ1) is 20.5. The number of nitrogens with zero attached hydrogens (tertiary/aromatic N) is 2. The van der Waals surface area contributed by atoms with Crippen molar-refractivity contribution in [3.05, 3.63) is 30.1 Å². The van der Waals surface area contributed by atoms with Crippen molar-refractivity contribution in [3.63, 3.8) is 0 Å². The van der Waals surface area contributed by atoms with Crippen LogP contribution in [-0.2, 0) is 10.5 Å². The van der Waals surface area contributed by atoms with Gasteiger partial charge in [0.15, 0.2) is 0 Å². The highest BCUT2D eigenvalue weighted by Gasteiger charge is 2.24. The highest BCUT2D eigenvalue weighted by molar-refractivity contribution is 7.98. The summed E-state index contributed by atoms with van der Waals surface area (Å²) in [6, 6.07) is 5.92. The first-order valence-electron chi connectivity index (χ1n) is 6.75. The Bertz CT molecular complexity index is 408. The Labute approximate surface area is 143 Å². The van der Waals surface area contributed by atoms with Crippen LogP contribution in [-0.4, -0.2) is 41.2 Å². The molecule has 1 aromatic rings. The normalized spacial score (nSPS) is 17.0. The fourth-order valence-corrected chi connectivity index (χ4v) is 3.07. The van der Waals surface area contributed by atoms with E-state index in [1.165, 1.54) is 0 Å². The molecule has 2 rings (SSSR count). The summed E-state index contributed by atoms with van der Waals surface area (Å²) >= 11 is 1.77. The molecule has 1 aromatic heterocycles. The maximum Gasteiger partial charge on any atom is 0.223 e. The van der Waals surface area contributed by atoms with Crippen molar-refractivity contribution in [2.45, 2.75) is 18.6 Å². The number of amides is 1. The number of nitrogens with two attached hydrogens (primary N) is 1. The monoisotopic (exact) mass is 351 g/mol. The Hall–Kier alpha value is -0.490. The van der Waals surface area contributed by atoms with Crippen molar-refractivity contribution in [1.29, 1.82) is 0 Å². The number of carbonyl (C=O) groups is 1. The van der Waals surface area contributed by atoms with Crippen LogP contribution in [0.2, 0.25) is 0 Å². The molecule has 2 heterocycles. The molecule has 0 aromatic carbocycles. The summed E-state index contributed by atoms with van der Waals surface area (Å²) in [6.07, 6.45) is 3.48. The minimum absolute atomic E-state index is 0. The van der Waals surface area contributed by atoms with E-state index in [0.717, 1.165) is 36.7 Å². The van der Waals surface area contributed by atoms with Crippen molar-refractivity contribution in [3.8, 4) is 0 Å². The third-order valence-electron chi connectivity index (χ3n) is 3.41. The Balaban J connectivity index is 0.00000200. The van der Waals surface area contributed by atoms with Gasteiger partial charge in [0.25, 0.3) is 0 Å². The molecule has 1 amide bonds. The van der Waals surface area contributed by atoms with Crippen LogP contribution in [0.4, 0.5) is 0 Å². The largest absolute Gasteiger partial charge is 0.342 e. The van der Waals surface area contributed by atoms with Gasteiger partial charge in [-0.25, -0.2) is 0 Å². The highest BCUT2D eigenvalue weighted by atomic mass is 35.5. The van der Waals surface area contributed by atoms with E-state index >= 15 is 0 Å². The van der Waals surface area contributed by atoms with Gasteiger partial charge < -0.3 is 10.6 Å². The van der Waals surface area contributed by atoms with Gasteiger partial charge in [-0.15, -0.1) is 24.8 Å². The minimum Gasteiger partial charge on any atom is -0.342 e. The number of aromatic nitrogens is 1. The van der Waals surface area contributed by atoms with Gasteiger partial charge in [-0.3, -0.25) is 9.78 Å². The number of thioether (sulfide) groups is 1. The van der Waals surface area contributed by atoms with E-state index in [1.54, 1.807) is 18.0 Å². The first-order chi connectivity index (χ1) is 9.29. The van der Waals surface area contributed by atoms with Gasteiger partial charge in [0.1, 0.15) is 0 Å². The summed E-state index contributed by atoms with van der Waals surface area (Å²) in [5.41, 5.74) is 6.71. The van der Waals surface area contributed by atoms with Crippen LogP contribution in [0, 0.1) is 5.92 Å². The summed E-state index contributed by atoms with van der Waals surface area (Å²) in [6.45, 7) is 2.42. The molecule has 1 saturated heterocycles. The van der Waals surface area contributed by atoms with E-state index < -0.39 is 0 Å². The van der Waals surface area contributed by atoms with Gasteiger partial charge in [0, 0.05) is 37.2 Å². The molecule has 1 fully saturated rings. The fourth-order valence-electron chi connectivity index (χ4n) is 2.23. The van der Waals surface area contributed by atoms with Crippen LogP contribution in [0.3, 0.4) is 0 Å². The van der Waals surface area contributed by atoms with Crippen molar-refractivity contribution in [2.24, 2.45) is 11.7 Å². The number of pyridine rings is 1. The Kier molecular flexibility index (Phi) is 10.9. The van der Waals surface area contributed by atoms with Gasteiger partial charge in [0.2, 0.25) is 5.91 Å². The van der Waals surface area contributed by atoms with Gasteiger partial charge in [-0.1, -0.05) is 6.07 Å². The SMILES string of the molecule is Cl.Cl.NCC1CCN(C(=O)CCSCc2ccccn2)C1. The van der Waals surface area contributed by atoms with Crippen molar-refractivity contribution in [2.75, 3.05) is 25.4 Å². The molecular formula is C14H23Cl2N3OS. The summed E-state index contributed by atoms with van der Waals surface area (Å²) in [5.74, 6) is 2.51. The molecule has 1 aliphatic heterocycles. The third kappa shape index (κ3) is 6.87. The molecule has 0 bridgehead atoms. The molecule has 0 aliphatic carbocycles. The van der Waals surface area contributed by atoms with E-state index in [2.05, 4.69) is 4.98 Å². The Morgan fingerprint density at radius 2 is 2.24 bits per heavy atom. The van der Waals surface area contributed by atoms with E-state index in [4.69, 9.17) is 5.73 Å². The second-order valence-electron chi connectivity index (χ2n) is 4.85. The molecule has 120 valence electrons. The molecule has 0 saturated carbocycles. The number of carbonyl (C=O) groups excluding carboxylic acids is 1. The molecule has 4 nitrogen and oxygen atoms in total. The van der Waals surface area contributed by atoms with Gasteiger partial charge >= 0.3 is 0 Å². The highest BCUT2D eigenvalue weighted by Crippen LogP contribution is 2.17. The van der Waals surface area contributed by atoms with E-state index in [-0.39, 0.29) is 30.7 Å². The maximum atomic E-state index is 12.0. The van der Waals surface area contributed by atoms with Crippen LogP contribution < -0.4 is 5.73 Å². The average molecular weight is 352 g/mol. The summed E-state index contributed by atoms with van der Waals surface area (Å²) in [7, 11) is 0. The van der Waals surface area contributed by atoms with Crippen LogP contribution in [0.15, 0.2) is 24.4 Å². The maximum absolute atomic E-state index is 12.0. The predicted octanol–water partition coefficient (Wildman–Crippen LogP) is 2.36. The van der Waals surface area contributed by atoms with Gasteiger partial charge in [-0.2, -0.15) is 11.8 Å². The molecule has 0 radical (unpaired) electrons. The molecule has 21 heavy (non-hydrogen) atoms. The van der Waals surface area contributed by atoms with Crippen LogP contribution in [0.5, 0.6) is 0 Å². The van der Waals surface area contributed by atoms with E-state index in [9.17, 15) is 4.79 Å². The number of halogens is 2. The third-order valence-corrected chi connectivity index (χ3v) is 4.40. The molecule has 1 aliphatic rings. The Morgan fingerprint density at radius 1 is 1.43 bits per heavy atom. The predicted molar refractivity (Wildman–Crippen MR) is 93.3 cm³/mol. The average Bonchev–Trinajstić information content (AvgIpc) is 2.93. The lowest BCUT2D eigenvalue weighted by atomic mass is 10.1. The summed E-state index contributed by atoms with van der Waals surface area (Å²) < 4.78 is 0. The van der Waals surface area contributed by atoms with Crippen molar-refractivity contribution in [1.82, 2.24) is 9.88 Å². The standard InChI is InChI=1S/C14H21N3OS.2ClH/c15-9-12-4-7-17(10-12)14(18)5-8-19-11-13-3-1-2-6-16-13;;/h1-3,6,12H,4-5,7-11,15H2;2*1H. The molecular weight excluding hydrogens is 329 g/mol. The molecule has 2 N–H and O–H groups in total. The quantitative estimate of drug-likeness (QED) is 0.799. The molecule has 7 heteroatoms. The second-order valence-corrected chi connectivity index (χ2v) is 5.96. The number of hydrogen-bond acceptors (Lipinski definition) is 4. The lowest BCUT2D eigenvalue weighted by molar-refractivity contribution is -0.129. The molecule has 0 spiro atoms. The second kappa shape index (κ2) is 11.1. The Morgan fingerprint density at radius 3 is 2.86 bits per heavy atom. The van der Waals surface area contributed by atoms with E-state index in [0.29, 0.717) is 18.9 Å². The lowest BCUT2D eigenvalue weighted by Crippen LogP contribution is -2.30. The van der Waals surface area contributed by atoms with Crippen LogP contribution in [0.1, 0.15) is 18.5 Å². The lowest BCUT2D eigenvalue weighted by Gasteiger charge is -2.15. The van der Waals surface area contributed by atoms with E-state index in [1.807, 2.05) is 23.1 Å². The summed E-state index contributed by atoms with van der Waals surface area (Å²) in [4.78, 5) is 18.2. The van der Waals surface area contributed by atoms with Crippen LogP contribution in [0.25, 0.3) is 0 Å². The summed E-state index contributed by atoms with van der Waals surface area (Å²) in [5, 5.41) is 0. The smallest absolute Gasteiger partial charge is 0.223 e.